The molecule has 0 aliphatic rings. The summed E-state index contributed by atoms with van der Waals surface area (Å²) >= 11 is 3.41. The van der Waals surface area contributed by atoms with E-state index in [-0.39, 0.29) is 0 Å². The van der Waals surface area contributed by atoms with E-state index in [0.29, 0.717) is 18.4 Å². The van der Waals surface area contributed by atoms with Gasteiger partial charge < -0.3 is 9.84 Å². The van der Waals surface area contributed by atoms with Crippen LogP contribution in [0.2, 0.25) is 0 Å². The molecule has 0 radical (unpaired) electrons. The molecule has 0 saturated heterocycles. The first-order chi connectivity index (χ1) is 10.0. The second kappa shape index (κ2) is 7.09. The first-order valence-electron chi connectivity index (χ1n) is 7.15. The van der Waals surface area contributed by atoms with Gasteiger partial charge in [-0.2, -0.15) is 5.10 Å². The van der Waals surface area contributed by atoms with Crippen LogP contribution < -0.4 is 4.74 Å². The standard InChI is InChI=1S/C16H21BrN2O2/c1-4-11(2)19-8-7-14(18-19)10-21-16-6-5-13(17)9-15(16)12(3)20/h5-9,11-12,20H,4,10H2,1-3H3/t11?,12-/m0/s1. The normalized spacial score (nSPS) is 14.0. The van der Waals surface area contributed by atoms with E-state index in [1.165, 1.54) is 0 Å². The largest absolute Gasteiger partial charge is 0.487 e. The Kier molecular flexibility index (Phi) is 5.42. The summed E-state index contributed by atoms with van der Waals surface area (Å²) in [5.41, 5.74) is 1.65. The molecule has 0 aliphatic heterocycles. The Morgan fingerprint density at radius 1 is 1.33 bits per heavy atom. The molecule has 2 aromatic rings. The highest BCUT2D eigenvalue weighted by molar-refractivity contribution is 9.10. The Morgan fingerprint density at radius 3 is 2.76 bits per heavy atom. The molecule has 4 nitrogen and oxygen atoms in total. The third-order valence-electron chi connectivity index (χ3n) is 3.50. The Morgan fingerprint density at radius 2 is 2.10 bits per heavy atom. The maximum Gasteiger partial charge on any atom is 0.132 e. The SMILES string of the molecule is CCC(C)n1ccc(COc2ccc(Br)cc2[C@H](C)O)n1. The van der Waals surface area contributed by atoms with Gasteiger partial charge in [-0.15, -0.1) is 0 Å². The van der Waals surface area contributed by atoms with Crippen molar-refractivity contribution < 1.29 is 9.84 Å². The number of halogens is 1. The fourth-order valence-electron chi connectivity index (χ4n) is 2.02. The van der Waals surface area contributed by atoms with Crippen LogP contribution in [0.3, 0.4) is 0 Å². The van der Waals surface area contributed by atoms with Gasteiger partial charge in [0.25, 0.3) is 0 Å². The summed E-state index contributed by atoms with van der Waals surface area (Å²) in [7, 11) is 0. The summed E-state index contributed by atoms with van der Waals surface area (Å²) in [5.74, 6) is 0.686. The van der Waals surface area contributed by atoms with Crippen molar-refractivity contribution >= 4 is 15.9 Å². The zero-order chi connectivity index (χ0) is 15.4. The lowest BCUT2D eigenvalue weighted by atomic mass is 10.1. The molecule has 0 fully saturated rings. The average molecular weight is 353 g/mol. The molecule has 21 heavy (non-hydrogen) atoms. The first-order valence-corrected chi connectivity index (χ1v) is 7.95. The van der Waals surface area contributed by atoms with Crippen LogP contribution in [0.25, 0.3) is 0 Å². The topological polar surface area (TPSA) is 47.3 Å². The summed E-state index contributed by atoms with van der Waals surface area (Å²) < 4.78 is 8.69. The Hall–Kier alpha value is -1.33. The lowest BCUT2D eigenvalue weighted by molar-refractivity contribution is 0.189. The molecule has 0 bridgehead atoms. The molecule has 114 valence electrons. The van der Waals surface area contributed by atoms with Crippen molar-refractivity contribution in [3.05, 3.63) is 46.2 Å². The van der Waals surface area contributed by atoms with Crippen LogP contribution in [0.5, 0.6) is 5.75 Å². The predicted molar refractivity (Wildman–Crippen MR) is 86.3 cm³/mol. The van der Waals surface area contributed by atoms with Crippen molar-refractivity contribution in [2.75, 3.05) is 0 Å². The van der Waals surface area contributed by atoms with Crippen molar-refractivity contribution in [2.24, 2.45) is 0 Å². The third kappa shape index (κ3) is 4.08. The second-order valence-electron chi connectivity index (χ2n) is 5.19. The molecule has 1 N–H and O–H groups in total. The molecule has 1 aromatic carbocycles. The number of aliphatic hydroxyl groups is 1. The number of rotatable bonds is 6. The van der Waals surface area contributed by atoms with Crippen LogP contribution in [0.4, 0.5) is 0 Å². The Balaban J connectivity index is 2.08. The number of aromatic nitrogens is 2. The second-order valence-corrected chi connectivity index (χ2v) is 6.11. The molecule has 1 heterocycles. The number of hydrogen-bond acceptors (Lipinski definition) is 3. The fraction of sp³-hybridized carbons (Fsp3) is 0.438. The van der Waals surface area contributed by atoms with Crippen LogP contribution >= 0.6 is 15.9 Å². The molecule has 2 atom stereocenters. The van der Waals surface area contributed by atoms with Gasteiger partial charge in [-0.3, -0.25) is 4.68 Å². The Bertz CT molecular complexity index is 596. The highest BCUT2D eigenvalue weighted by Crippen LogP contribution is 2.29. The lowest BCUT2D eigenvalue weighted by Crippen LogP contribution is -2.06. The molecule has 2 rings (SSSR count). The van der Waals surface area contributed by atoms with E-state index in [1.54, 1.807) is 6.92 Å². The lowest BCUT2D eigenvalue weighted by Gasteiger charge is -2.13. The van der Waals surface area contributed by atoms with Crippen LogP contribution in [0.15, 0.2) is 34.9 Å². The molecular formula is C16H21BrN2O2. The van der Waals surface area contributed by atoms with E-state index in [0.717, 1.165) is 22.2 Å². The van der Waals surface area contributed by atoms with Crippen molar-refractivity contribution in [3.63, 3.8) is 0 Å². The molecule has 0 aliphatic carbocycles. The maximum atomic E-state index is 9.81. The minimum Gasteiger partial charge on any atom is -0.487 e. The van der Waals surface area contributed by atoms with Crippen molar-refractivity contribution in [2.45, 2.75) is 45.9 Å². The van der Waals surface area contributed by atoms with Gasteiger partial charge in [0.05, 0.1) is 11.8 Å². The van der Waals surface area contributed by atoms with Crippen molar-refractivity contribution in [1.82, 2.24) is 9.78 Å². The fourth-order valence-corrected chi connectivity index (χ4v) is 2.39. The smallest absolute Gasteiger partial charge is 0.132 e. The molecule has 0 amide bonds. The summed E-state index contributed by atoms with van der Waals surface area (Å²) in [6.45, 7) is 6.40. The monoisotopic (exact) mass is 352 g/mol. The van der Waals surface area contributed by atoms with Crippen molar-refractivity contribution in [1.29, 1.82) is 0 Å². The summed E-state index contributed by atoms with van der Waals surface area (Å²) in [5, 5.41) is 14.3. The van der Waals surface area contributed by atoms with E-state index < -0.39 is 6.10 Å². The summed E-state index contributed by atoms with van der Waals surface area (Å²) in [6, 6.07) is 7.99. The number of nitrogens with zero attached hydrogens (tertiary/aromatic N) is 2. The zero-order valence-electron chi connectivity index (χ0n) is 12.6. The van der Waals surface area contributed by atoms with Gasteiger partial charge in [-0.05, 0) is 44.5 Å². The van der Waals surface area contributed by atoms with Gasteiger partial charge >= 0.3 is 0 Å². The minimum atomic E-state index is -0.574. The molecule has 0 saturated carbocycles. The van der Waals surface area contributed by atoms with Gasteiger partial charge in [0.1, 0.15) is 12.4 Å². The van der Waals surface area contributed by atoms with Gasteiger partial charge in [0, 0.05) is 22.3 Å². The van der Waals surface area contributed by atoms with E-state index in [1.807, 2.05) is 35.1 Å². The van der Waals surface area contributed by atoms with E-state index >= 15 is 0 Å². The van der Waals surface area contributed by atoms with Crippen LogP contribution in [-0.2, 0) is 6.61 Å². The van der Waals surface area contributed by atoms with E-state index in [9.17, 15) is 5.11 Å². The third-order valence-corrected chi connectivity index (χ3v) is 4.00. The van der Waals surface area contributed by atoms with Crippen LogP contribution in [0, 0.1) is 0 Å². The number of ether oxygens (including phenoxy) is 1. The molecular weight excluding hydrogens is 332 g/mol. The van der Waals surface area contributed by atoms with Gasteiger partial charge in [-0.25, -0.2) is 0 Å². The number of aliphatic hydroxyl groups excluding tert-OH is 1. The highest BCUT2D eigenvalue weighted by Gasteiger charge is 2.11. The molecule has 1 unspecified atom stereocenters. The highest BCUT2D eigenvalue weighted by atomic mass is 79.9. The zero-order valence-corrected chi connectivity index (χ0v) is 14.2. The Labute approximate surface area is 133 Å². The summed E-state index contributed by atoms with van der Waals surface area (Å²) in [4.78, 5) is 0. The molecule has 5 heteroatoms. The number of hydrogen-bond donors (Lipinski definition) is 1. The quantitative estimate of drug-likeness (QED) is 0.845. The van der Waals surface area contributed by atoms with Gasteiger partial charge in [0.2, 0.25) is 0 Å². The van der Waals surface area contributed by atoms with Crippen LogP contribution in [-0.4, -0.2) is 14.9 Å². The molecule has 0 spiro atoms. The van der Waals surface area contributed by atoms with Crippen molar-refractivity contribution in [3.8, 4) is 5.75 Å². The summed E-state index contributed by atoms with van der Waals surface area (Å²) in [6.07, 6.45) is 2.44. The van der Waals surface area contributed by atoms with Gasteiger partial charge in [-0.1, -0.05) is 22.9 Å². The first kappa shape index (κ1) is 16.0. The number of benzene rings is 1. The predicted octanol–water partition coefficient (Wildman–Crippen LogP) is 4.25. The van der Waals surface area contributed by atoms with E-state index in [2.05, 4.69) is 34.9 Å². The molecule has 1 aromatic heterocycles. The average Bonchev–Trinajstić information content (AvgIpc) is 2.93. The van der Waals surface area contributed by atoms with Gasteiger partial charge in [0.15, 0.2) is 0 Å². The van der Waals surface area contributed by atoms with E-state index in [4.69, 9.17) is 4.74 Å². The van der Waals surface area contributed by atoms with Crippen LogP contribution in [0.1, 0.15) is 50.6 Å². The minimum absolute atomic E-state index is 0.388. The maximum absolute atomic E-state index is 9.81.